The molecule has 168 valence electrons. The fourth-order valence-electron chi connectivity index (χ4n) is 3.43. The Hall–Kier alpha value is -3.24. The van der Waals surface area contributed by atoms with Crippen LogP contribution in [0.4, 0.5) is 17.3 Å². The van der Waals surface area contributed by atoms with E-state index in [4.69, 9.17) is 14.7 Å². The Morgan fingerprint density at radius 3 is 2.69 bits per heavy atom. The van der Waals surface area contributed by atoms with Crippen molar-refractivity contribution in [3.63, 3.8) is 0 Å². The molecule has 3 heterocycles. The summed E-state index contributed by atoms with van der Waals surface area (Å²) in [6.45, 7) is 3.50. The lowest BCUT2D eigenvalue weighted by Gasteiger charge is -2.28. The summed E-state index contributed by atoms with van der Waals surface area (Å²) in [6, 6.07) is 13.0. The second kappa shape index (κ2) is 9.92. The first-order chi connectivity index (χ1) is 15.5. The quantitative estimate of drug-likeness (QED) is 0.534. The molecule has 2 N–H and O–H groups in total. The van der Waals surface area contributed by atoms with Gasteiger partial charge in [-0.15, -0.1) is 0 Å². The molecule has 0 spiro atoms. The third kappa shape index (κ3) is 6.14. The minimum Gasteiger partial charge on any atom is -0.378 e. The first-order valence-corrected chi connectivity index (χ1v) is 12.3. The zero-order chi connectivity index (χ0) is 22.4. The SMILES string of the molecule is CS(=O)(=O)Nc1cccc(-c2nc(NCCc3cccnc3)cc(N3CCOCC3)n2)c1. The van der Waals surface area contributed by atoms with Crippen LogP contribution in [0, 0.1) is 0 Å². The zero-order valence-electron chi connectivity index (χ0n) is 17.9. The molecule has 10 heteroatoms. The van der Waals surface area contributed by atoms with Crippen LogP contribution in [0.3, 0.4) is 0 Å². The first-order valence-electron chi connectivity index (χ1n) is 10.4. The van der Waals surface area contributed by atoms with Crippen molar-refractivity contribution in [1.82, 2.24) is 15.0 Å². The molecule has 0 unspecified atom stereocenters. The van der Waals surface area contributed by atoms with Crippen LogP contribution in [0.25, 0.3) is 11.4 Å². The van der Waals surface area contributed by atoms with Gasteiger partial charge in [0.05, 0.1) is 19.5 Å². The number of hydrogen-bond acceptors (Lipinski definition) is 8. The van der Waals surface area contributed by atoms with E-state index >= 15 is 0 Å². The molecule has 0 bridgehead atoms. The van der Waals surface area contributed by atoms with Gasteiger partial charge in [-0.1, -0.05) is 18.2 Å². The molecule has 32 heavy (non-hydrogen) atoms. The standard InChI is InChI=1S/C22H26N6O3S/c1-32(29,30)27-19-6-2-5-18(14-19)22-25-20(24-9-7-17-4-3-8-23-16-17)15-21(26-22)28-10-12-31-13-11-28/h2-6,8,14-16,27H,7,9-13H2,1H3,(H,24,25,26). The molecule has 4 rings (SSSR count). The third-order valence-electron chi connectivity index (χ3n) is 4.91. The number of pyridine rings is 1. The lowest BCUT2D eigenvalue weighted by molar-refractivity contribution is 0.122. The van der Waals surface area contributed by atoms with Crippen molar-refractivity contribution in [2.45, 2.75) is 6.42 Å². The van der Waals surface area contributed by atoms with Crippen molar-refractivity contribution in [2.24, 2.45) is 0 Å². The number of anilines is 3. The maximum absolute atomic E-state index is 11.6. The lowest BCUT2D eigenvalue weighted by Crippen LogP contribution is -2.36. The average molecular weight is 455 g/mol. The molecule has 1 aromatic carbocycles. The van der Waals surface area contributed by atoms with E-state index in [-0.39, 0.29) is 0 Å². The van der Waals surface area contributed by atoms with Gasteiger partial charge in [0.25, 0.3) is 0 Å². The van der Waals surface area contributed by atoms with E-state index in [1.165, 1.54) is 0 Å². The highest BCUT2D eigenvalue weighted by Gasteiger charge is 2.16. The minimum absolute atomic E-state index is 0.469. The van der Waals surface area contributed by atoms with Crippen LogP contribution in [-0.4, -0.2) is 62.5 Å². The van der Waals surface area contributed by atoms with Crippen molar-refractivity contribution in [2.75, 3.05) is 54.0 Å². The largest absolute Gasteiger partial charge is 0.378 e. The molecule has 0 radical (unpaired) electrons. The zero-order valence-corrected chi connectivity index (χ0v) is 18.7. The predicted molar refractivity (Wildman–Crippen MR) is 125 cm³/mol. The van der Waals surface area contributed by atoms with Crippen LogP contribution in [0.1, 0.15) is 5.56 Å². The smallest absolute Gasteiger partial charge is 0.229 e. The second-order valence-electron chi connectivity index (χ2n) is 7.53. The Labute approximate surface area is 187 Å². The van der Waals surface area contributed by atoms with E-state index in [1.807, 2.05) is 30.5 Å². The molecule has 0 amide bonds. The molecule has 0 aliphatic carbocycles. The molecular weight excluding hydrogens is 428 g/mol. The Bertz CT molecular complexity index is 1150. The van der Waals surface area contributed by atoms with Crippen LogP contribution >= 0.6 is 0 Å². The molecule has 1 aliphatic heterocycles. The fraction of sp³-hybridized carbons (Fsp3) is 0.318. The number of nitrogens with one attached hydrogen (secondary N) is 2. The maximum atomic E-state index is 11.6. The van der Waals surface area contributed by atoms with E-state index < -0.39 is 10.0 Å². The molecule has 0 saturated carbocycles. The predicted octanol–water partition coefficient (Wildman–Crippen LogP) is 2.40. The summed E-state index contributed by atoms with van der Waals surface area (Å²) in [4.78, 5) is 15.8. The van der Waals surface area contributed by atoms with E-state index in [9.17, 15) is 8.42 Å². The van der Waals surface area contributed by atoms with Crippen molar-refractivity contribution >= 4 is 27.3 Å². The third-order valence-corrected chi connectivity index (χ3v) is 5.52. The number of rotatable bonds is 8. The van der Waals surface area contributed by atoms with Gasteiger partial charge in [-0.25, -0.2) is 18.4 Å². The number of sulfonamides is 1. The van der Waals surface area contributed by atoms with Gasteiger partial charge in [0.1, 0.15) is 11.6 Å². The summed E-state index contributed by atoms with van der Waals surface area (Å²) in [7, 11) is -3.38. The Balaban J connectivity index is 1.60. The Morgan fingerprint density at radius 1 is 1.09 bits per heavy atom. The number of aromatic nitrogens is 3. The van der Waals surface area contributed by atoms with Gasteiger partial charge in [-0.3, -0.25) is 9.71 Å². The van der Waals surface area contributed by atoms with Crippen LogP contribution in [-0.2, 0) is 21.2 Å². The average Bonchev–Trinajstić information content (AvgIpc) is 2.79. The Kier molecular flexibility index (Phi) is 6.81. The van der Waals surface area contributed by atoms with Crippen molar-refractivity contribution in [3.8, 4) is 11.4 Å². The highest BCUT2D eigenvalue weighted by atomic mass is 32.2. The molecule has 2 aromatic heterocycles. The van der Waals surface area contributed by atoms with Gasteiger partial charge in [0, 0.05) is 49.3 Å². The van der Waals surface area contributed by atoms with Crippen LogP contribution in [0.5, 0.6) is 0 Å². The number of morpholine rings is 1. The van der Waals surface area contributed by atoms with Gasteiger partial charge in [-0.2, -0.15) is 0 Å². The topological polar surface area (TPSA) is 109 Å². The summed E-state index contributed by atoms with van der Waals surface area (Å²) in [5.41, 5.74) is 2.34. The fourth-order valence-corrected chi connectivity index (χ4v) is 3.98. The minimum atomic E-state index is -3.38. The molecule has 1 aliphatic rings. The first kappa shape index (κ1) is 22.0. The molecule has 9 nitrogen and oxygen atoms in total. The van der Waals surface area contributed by atoms with Crippen molar-refractivity contribution in [1.29, 1.82) is 0 Å². The maximum Gasteiger partial charge on any atom is 0.229 e. The summed E-state index contributed by atoms with van der Waals surface area (Å²) in [5.74, 6) is 2.04. The molecule has 1 fully saturated rings. The molecule has 0 atom stereocenters. The number of hydrogen-bond donors (Lipinski definition) is 2. The summed E-state index contributed by atoms with van der Waals surface area (Å²) in [5, 5.41) is 3.39. The lowest BCUT2D eigenvalue weighted by atomic mass is 10.2. The van der Waals surface area contributed by atoms with Gasteiger partial charge < -0.3 is 15.0 Å². The van der Waals surface area contributed by atoms with Gasteiger partial charge in [0.15, 0.2) is 5.82 Å². The normalized spacial score (nSPS) is 14.2. The van der Waals surface area contributed by atoms with Crippen LogP contribution in [0.15, 0.2) is 54.9 Å². The summed E-state index contributed by atoms with van der Waals surface area (Å²) < 4.78 is 31.2. The van der Waals surface area contributed by atoms with E-state index in [1.54, 1.807) is 24.4 Å². The highest BCUT2D eigenvalue weighted by Crippen LogP contribution is 2.25. The van der Waals surface area contributed by atoms with Gasteiger partial charge in [-0.05, 0) is 30.2 Å². The molecular formula is C22H26N6O3S. The molecule has 1 saturated heterocycles. The van der Waals surface area contributed by atoms with E-state index in [2.05, 4.69) is 19.9 Å². The van der Waals surface area contributed by atoms with E-state index in [0.717, 1.165) is 42.7 Å². The highest BCUT2D eigenvalue weighted by molar-refractivity contribution is 7.92. The number of nitrogens with zero attached hydrogens (tertiary/aromatic N) is 4. The summed E-state index contributed by atoms with van der Waals surface area (Å²) >= 11 is 0. The van der Waals surface area contributed by atoms with Crippen molar-refractivity contribution in [3.05, 3.63) is 60.4 Å². The van der Waals surface area contributed by atoms with Gasteiger partial charge >= 0.3 is 0 Å². The van der Waals surface area contributed by atoms with Crippen molar-refractivity contribution < 1.29 is 13.2 Å². The molecule has 3 aromatic rings. The second-order valence-corrected chi connectivity index (χ2v) is 9.28. The number of benzene rings is 1. The van der Waals surface area contributed by atoms with Gasteiger partial charge in [0.2, 0.25) is 10.0 Å². The monoisotopic (exact) mass is 454 g/mol. The van der Waals surface area contributed by atoms with Crippen LogP contribution in [0.2, 0.25) is 0 Å². The van der Waals surface area contributed by atoms with E-state index in [0.29, 0.717) is 37.1 Å². The van der Waals surface area contributed by atoms with Crippen LogP contribution < -0.4 is 14.9 Å². The number of ether oxygens (including phenoxy) is 1. The Morgan fingerprint density at radius 2 is 1.94 bits per heavy atom. The summed E-state index contributed by atoms with van der Waals surface area (Å²) in [6.07, 6.45) is 5.55.